The van der Waals surface area contributed by atoms with Crippen LogP contribution in [0.25, 0.3) is 66.1 Å². The third-order valence-corrected chi connectivity index (χ3v) is 9.27. The van der Waals surface area contributed by atoms with E-state index in [-0.39, 0.29) is 0 Å². The summed E-state index contributed by atoms with van der Waals surface area (Å²) in [5.41, 5.74) is 9.91. The number of anilines is 3. The number of rotatable bonds is 6. The highest BCUT2D eigenvalue weighted by molar-refractivity contribution is 6.13. The summed E-state index contributed by atoms with van der Waals surface area (Å²) < 4.78 is 6.42. The minimum absolute atomic E-state index is 0.844. The second-order valence-electron chi connectivity index (χ2n) is 12.2. The lowest BCUT2D eigenvalue weighted by Crippen LogP contribution is -2.11. The SMILES string of the molecule is c1ccc(-c2ccc(N(c3ccc(-c4cc5ccccc5c5ccccc45)cc3)c3ccccc3-c3cc4ccccc4o3)cc2)cc1. The minimum atomic E-state index is 0.844. The van der Waals surface area contributed by atoms with Gasteiger partial charge in [0, 0.05) is 22.3 Å². The molecule has 1 heterocycles. The molecule has 0 unspecified atom stereocenters. The van der Waals surface area contributed by atoms with Gasteiger partial charge in [0.15, 0.2) is 0 Å². The summed E-state index contributed by atoms with van der Waals surface area (Å²) in [6.07, 6.45) is 0. The standard InChI is InChI=1S/C46H31NO/c1-2-12-32(13-3-1)33-22-26-37(27-23-33)47(44-20-10-9-19-42(44)46-31-36-15-5-11-21-45(36)48-46)38-28-24-34(25-29-38)43-30-35-14-4-6-16-39(35)40-17-7-8-18-41(40)43/h1-31H. The average molecular weight is 614 g/mol. The van der Waals surface area contributed by atoms with Crippen molar-refractivity contribution in [3.63, 3.8) is 0 Å². The zero-order valence-corrected chi connectivity index (χ0v) is 26.3. The van der Waals surface area contributed by atoms with Gasteiger partial charge in [-0.25, -0.2) is 0 Å². The van der Waals surface area contributed by atoms with E-state index in [1.807, 2.05) is 12.1 Å². The molecule has 1 aromatic heterocycles. The Morgan fingerprint density at radius 1 is 0.354 bits per heavy atom. The zero-order valence-electron chi connectivity index (χ0n) is 26.3. The van der Waals surface area contributed by atoms with Crippen LogP contribution >= 0.6 is 0 Å². The van der Waals surface area contributed by atoms with Crippen LogP contribution in [0, 0.1) is 0 Å². The van der Waals surface area contributed by atoms with Crippen molar-refractivity contribution in [2.24, 2.45) is 0 Å². The van der Waals surface area contributed by atoms with E-state index in [4.69, 9.17) is 4.42 Å². The first kappa shape index (κ1) is 27.9. The Bertz CT molecular complexity index is 2510. The Hall–Kier alpha value is -6.38. The van der Waals surface area contributed by atoms with Crippen molar-refractivity contribution in [3.8, 4) is 33.6 Å². The molecule has 9 aromatic rings. The number of furan rings is 1. The van der Waals surface area contributed by atoms with Crippen molar-refractivity contribution in [1.29, 1.82) is 0 Å². The van der Waals surface area contributed by atoms with Crippen LogP contribution in [0.1, 0.15) is 0 Å². The summed E-state index contributed by atoms with van der Waals surface area (Å²) in [4.78, 5) is 2.33. The second kappa shape index (κ2) is 11.8. The van der Waals surface area contributed by atoms with Gasteiger partial charge in [-0.1, -0.05) is 133 Å². The van der Waals surface area contributed by atoms with Gasteiger partial charge in [0.1, 0.15) is 11.3 Å². The summed E-state index contributed by atoms with van der Waals surface area (Å²) >= 11 is 0. The van der Waals surface area contributed by atoms with Crippen LogP contribution in [-0.2, 0) is 0 Å². The van der Waals surface area contributed by atoms with E-state index in [1.165, 1.54) is 43.8 Å². The Labute approximate surface area is 279 Å². The third kappa shape index (κ3) is 4.92. The lowest BCUT2D eigenvalue weighted by Gasteiger charge is -2.27. The Kier molecular flexibility index (Phi) is 6.84. The van der Waals surface area contributed by atoms with Gasteiger partial charge in [0.05, 0.1) is 5.69 Å². The number of para-hydroxylation sites is 2. The van der Waals surface area contributed by atoms with E-state index in [2.05, 4.69) is 181 Å². The Morgan fingerprint density at radius 2 is 0.917 bits per heavy atom. The molecule has 2 heteroatoms. The van der Waals surface area contributed by atoms with E-state index < -0.39 is 0 Å². The molecule has 0 saturated carbocycles. The van der Waals surface area contributed by atoms with E-state index in [1.54, 1.807) is 0 Å². The van der Waals surface area contributed by atoms with E-state index in [0.717, 1.165) is 39.4 Å². The fraction of sp³-hybridized carbons (Fsp3) is 0. The fourth-order valence-corrected chi connectivity index (χ4v) is 6.94. The monoisotopic (exact) mass is 613 g/mol. The molecule has 0 N–H and O–H groups in total. The molecule has 0 aliphatic heterocycles. The van der Waals surface area contributed by atoms with Gasteiger partial charge in [0.25, 0.3) is 0 Å². The average Bonchev–Trinajstić information content (AvgIpc) is 3.60. The summed E-state index contributed by atoms with van der Waals surface area (Å²) in [6, 6.07) is 66.9. The summed E-state index contributed by atoms with van der Waals surface area (Å²) in [5.74, 6) is 0.844. The number of hydrogen-bond donors (Lipinski definition) is 0. The molecule has 9 rings (SSSR count). The quantitative estimate of drug-likeness (QED) is 0.174. The van der Waals surface area contributed by atoms with Gasteiger partial charge in [-0.2, -0.15) is 0 Å². The highest BCUT2D eigenvalue weighted by Gasteiger charge is 2.20. The van der Waals surface area contributed by atoms with Gasteiger partial charge >= 0.3 is 0 Å². The second-order valence-corrected chi connectivity index (χ2v) is 12.2. The van der Waals surface area contributed by atoms with Crippen molar-refractivity contribution in [2.75, 3.05) is 4.90 Å². The van der Waals surface area contributed by atoms with E-state index in [9.17, 15) is 0 Å². The molecule has 226 valence electrons. The number of benzene rings is 8. The molecule has 0 saturated heterocycles. The van der Waals surface area contributed by atoms with Gasteiger partial charge in [-0.05, 0) is 98.4 Å². The smallest absolute Gasteiger partial charge is 0.137 e. The minimum Gasteiger partial charge on any atom is -0.456 e. The predicted molar refractivity (Wildman–Crippen MR) is 202 cm³/mol. The fourth-order valence-electron chi connectivity index (χ4n) is 6.94. The first-order valence-corrected chi connectivity index (χ1v) is 16.3. The molecule has 0 atom stereocenters. The normalized spacial score (nSPS) is 11.3. The first-order chi connectivity index (χ1) is 23.8. The molecule has 48 heavy (non-hydrogen) atoms. The van der Waals surface area contributed by atoms with Gasteiger partial charge in [0.2, 0.25) is 0 Å². The van der Waals surface area contributed by atoms with Crippen LogP contribution in [-0.4, -0.2) is 0 Å². The maximum Gasteiger partial charge on any atom is 0.137 e. The van der Waals surface area contributed by atoms with Gasteiger partial charge < -0.3 is 9.32 Å². The highest BCUT2D eigenvalue weighted by Crippen LogP contribution is 2.43. The molecule has 0 amide bonds. The van der Waals surface area contributed by atoms with Gasteiger partial charge in [-0.15, -0.1) is 0 Å². The maximum atomic E-state index is 6.42. The van der Waals surface area contributed by atoms with E-state index in [0.29, 0.717) is 0 Å². The molecule has 2 nitrogen and oxygen atoms in total. The number of nitrogens with zero attached hydrogens (tertiary/aromatic N) is 1. The lowest BCUT2D eigenvalue weighted by atomic mass is 9.93. The largest absolute Gasteiger partial charge is 0.456 e. The Balaban J connectivity index is 1.19. The lowest BCUT2D eigenvalue weighted by molar-refractivity contribution is 0.631. The topological polar surface area (TPSA) is 16.4 Å². The molecule has 0 aliphatic carbocycles. The van der Waals surface area contributed by atoms with Crippen molar-refractivity contribution < 1.29 is 4.42 Å². The van der Waals surface area contributed by atoms with Crippen LogP contribution in [0.3, 0.4) is 0 Å². The van der Waals surface area contributed by atoms with Crippen LogP contribution in [0.15, 0.2) is 192 Å². The van der Waals surface area contributed by atoms with Crippen molar-refractivity contribution in [1.82, 2.24) is 0 Å². The highest BCUT2D eigenvalue weighted by atomic mass is 16.3. The summed E-state index contributed by atoms with van der Waals surface area (Å²) in [6.45, 7) is 0. The van der Waals surface area contributed by atoms with Crippen molar-refractivity contribution in [3.05, 3.63) is 188 Å². The maximum absolute atomic E-state index is 6.42. The van der Waals surface area contributed by atoms with Crippen molar-refractivity contribution >= 4 is 49.6 Å². The molecular formula is C46H31NO. The molecule has 8 aromatic carbocycles. The third-order valence-electron chi connectivity index (χ3n) is 9.27. The van der Waals surface area contributed by atoms with Crippen LogP contribution < -0.4 is 4.90 Å². The summed E-state index contributed by atoms with van der Waals surface area (Å²) in [7, 11) is 0. The zero-order chi connectivity index (χ0) is 31.9. The molecule has 0 bridgehead atoms. The predicted octanol–water partition coefficient (Wildman–Crippen LogP) is 13.2. The van der Waals surface area contributed by atoms with Crippen LogP contribution in [0.5, 0.6) is 0 Å². The van der Waals surface area contributed by atoms with E-state index >= 15 is 0 Å². The van der Waals surface area contributed by atoms with Crippen LogP contribution in [0.2, 0.25) is 0 Å². The molecular weight excluding hydrogens is 583 g/mol. The molecule has 0 fully saturated rings. The summed E-state index contributed by atoms with van der Waals surface area (Å²) in [5, 5.41) is 6.14. The number of fused-ring (bicyclic) bond motifs is 4. The number of hydrogen-bond acceptors (Lipinski definition) is 2. The molecule has 0 spiro atoms. The van der Waals surface area contributed by atoms with Gasteiger partial charge in [-0.3, -0.25) is 0 Å². The van der Waals surface area contributed by atoms with Crippen molar-refractivity contribution in [2.45, 2.75) is 0 Å². The first-order valence-electron chi connectivity index (χ1n) is 16.3. The molecule has 0 aliphatic rings. The molecule has 0 radical (unpaired) electrons. The Morgan fingerprint density at radius 3 is 1.67 bits per heavy atom. The van der Waals surface area contributed by atoms with Crippen LogP contribution in [0.4, 0.5) is 17.1 Å².